The summed E-state index contributed by atoms with van der Waals surface area (Å²) in [6.45, 7) is 2.15. The third kappa shape index (κ3) is 3.25. The molecule has 0 radical (unpaired) electrons. The molecule has 0 spiro atoms. The van der Waals surface area contributed by atoms with Crippen LogP contribution in [0.3, 0.4) is 0 Å². The summed E-state index contributed by atoms with van der Waals surface area (Å²) in [5.74, 6) is 1.76. The van der Waals surface area contributed by atoms with E-state index in [9.17, 15) is 0 Å². The summed E-state index contributed by atoms with van der Waals surface area (Å²) in [5, 5.41) is 4.73. The first-order valence-corrected chi connectivity index (χ1v) is 10.6. The highest BCUT2D eigenvalue weighted by Crippen LogP contribution is 2.40. The number of aryl methyl sites for hydroxylation is 2. The number of fused-ring (bicyclic) bond motifs is 1. The van der Waals surface area contributed by atoms with Crippen LogP contribution in [0.25, 0.3) is 20.7 Å². The van der Waals surface area contributed by atoms with Crippen molar-refractivity contribution in [3.05, 3.63) is 96.3 Å². The molecule has 6 heteroatoms. The molecule has 148 valence electrons. The maximum Gasteiger partial charge on any atom is 0.139 e. The van der Waals surface area contributed by atoms with Crippen molar-refractivity contribution in [3.63, 3.8) is 0 Å². The molecule has 5 nitrogen and oxygen atoms in total. The molecule has 0 fully saturated rings. The summed E-state index contributed by atoms with van der Waals surface area (Å²) in [7, 11) is 2.01. The number of hydrogen-bond donors (Lipinski definition) is 1. The fraction of sp³-hybridized carbons (Fsp3) is 0.125. The van der Waals surface area contributed by atoms with Gasteiger partial charge in [-0.1, -0.05) is 60.7 Å². The number of imidazole rings is 1. The minimum atomic E-state index is -0.122. The molecule has 0 amide bonds. The highest BCUT2D eigenvalue weighted by molar-refractivity contribution is 7.22. The summed E-state index contributed by atoms with van der Waals surface area (Å²) in [5.41, 5.74) is 3.53. The molecule has 0 aliphatic heterocycles. The Morgan fingerprint density at radius 2 is 1.67 bits per heavy atom. The van der Waals surface area contributed by atoms with Gasteiger partial charge in [0.2, 0.25) is 0 Å². The second-order valence-electron chi connectivity index (χ2n) is 7.21. The van der Waals surface area contributed by atoms with Crippen LogP contribution in [0, 0.1) is 6.92 Å². The minimum absolute atomic E-state index is 0.122. The largest absolute Gasteiger partial charge is 0.356 e. The van der Waals surface area contributed by atoms with Gasteiger partial charge in [-0.2, -0.15) is 0 Å². The molecule has 0 aliphatic carbocycles. The van der Waals surface area contributed by atoms with Crippen LogP contribution in [-0.2, 0) is 7.05 Å². The lowest BCUT2D eigenvalue weighted by Gasteiger charge is -2.20. The van der Waals surface area contributed by atoms with Gasteiger partial charge >= 0.3 is 0 Å². The molecule has 3 heterocycles. The van der Waals surface area contributed by atoms with Crippen molar-refractivity contribution in [2.45, 2.75) is 13.0 Å². The summed E-state index contributed by atoms with van der Waals surface area (Å²) >= 11 is 1.70. The van der Waals surface area contributed by atoms with E-state index in [2.05, 4.69) is 63.6 Å². The first kappa shape index (κ1) is 18.5. The third-order valence-electron chi connectivity index (χ3n) is 5.29. The van der Waals surface area contributed by atoms with Crippen LogP contribution in [0.5, 0.6) is 0 Å². The second-order valence-corrected chi connectivity index (χ2v) is 8.21. The van der Waals surface area contributed by atoms with Crippen molar-refractivity contribution in [2.75, 3.05) is 5.32 Å². The van der Waals surface area contributed by atoms with Crippen molar-refractivity contribution in [2.24, 2.45) is 7.05 Å². The number of hydrogen-bond acceptors (Lipinski definition) is 5. The fourth-order valence-electron chi connectivity index (χ4n) is 3.78. The Labute approximate surface area is 179 Å². The normalized spacial score (nSPS) is 12.2. The summed E-state index contributed by atoms with van der Waals surface area (Å²) < 4.78 is 2.04. The van der Waals surface area contributed by atoms with E-state index in [1.807, 2.05) is 48.3 Å². The predicted molar refractivity (Wildman–Crippen MR) is 123 cm³/mol. The molecule has 0 saturated carbocycles. The number of thiophene rings is 1. The predicted octanol–water partition coefficient (Wildman–Crippen LogP) is 5.60. The lowest BCUT2D eigenvalue weighted by atomic mass is 10.1. The molecule has 30 heavy (non-hydrogen) atoms. The lowest BCUT2D eigenvalue weighted by Crippen LogP contribution is -2.17. The zero-order valence-electron chi connectivity index (χ0n) is 16.8. The minimum Gasteiger partial charge on any atom is -0.356 e. The van der Waals surface area contributed by atoms with Gasteiger partial charge < -0.3 is 9.88 Å². The fourth-order valence-corrected chi connectivity index (χ4v) is 4.93. The van der Waals surface area contributed by atoms with Crippen LogP contribution in [-0.4, -0.2) is 19.5 Å². The zero-order valence-corrected chi connectivity index (χ0v) is 17.6. The number of benzene rings is 2. The van der Waals surface area contributed by atoms with Crippen molar-refractivity contribution in [3.8, 4) is 10.4 Å². The van der Waals surface area contributed by atoms with Gasteiger partial charge in [0, 0.05) is 24.3 Å². The zero-order chi connectivity index (χ0) is 20.5. The van der Waals surface area contributed by atoms with Gasteiger partial charge in [0.15, 0.2) is 0 Å². The second kappa shape index (κ2) is 7.72. The molecule has 1 N–H and O–H groups in total. The molecular weight excluding hydrogens is 390 g/mol. The van der Waals surface area contributed by atoms with Crippen molar-refractivity contribution in [1.82, 2.24) is 19.5 Å². The van der Waals surface area contributed by atoms with Crippen LogP contribution in [0.1, 0.15) is 23.0 Å². The van der Waals surface area contributed by atoms with E-state index in [4.69, 9.17) is 0 Å². The Morgan fingerprint density at radius 1 is 0.933 bits per heavy atom. The maximum absolute atomic E-state index is 4.63. The molecule has 1 unspecified atom stereocenters. The van der Waals surface area contributed by atoms with E-state index in [0.717, 1.165) is 27.4 Å². The van der Waals surface area contributed by atoms with Gasteiger partial charge in [0.05, 0.1) is 5.39 Å². The molecule has 0 saturated heterocycles. The first-order valence-electron chi connectivity index (χ1n) is 9.80. The van der Waals surface area contributed by atoms with E-state index in [1.165, 1.54) is 16.0 Å². The van der Waals surface area contributed by atoms with E-state index >= 15 is 0 Å². The highest BCUT2D eigenvalue weighted by atomic mass is 32.1. The van der Waals surface area contributed by atoms with Crippen LogP contribution < -0.4 is 5.32 Å². The molecule has 5 rings (SSSR count). The summed E-state index contributed by atoms with van der Waals surface area (Å²) in [4.78, 5) is 16.0. The number of nitrogens with one attached hydrogen (secondary N) is 1. The van der Waals surface area contributed by atoms with Crippen LogP contribution in [0.15, 0.2) is 79.4 Å². The number of nitrogens with zero attached hydrogens (tertiary/aromatic N) is 4. The molecule has 0 bridgehead atoms. The molecule has 1 atom stereocenters. The van der Waals surface area contributed by atoms with E-state index in [1.54, 1.807) is 17.7 Å². The maximum atomic E-state index is 4.63. The molecule has 3 aromatic heterocycles. The SMILES string of the molecule is Cc1c(-c2ccccc2)sc2ncnc(NC(c3ccccc3)c3nccn3C)c12. The van der Waals surface area contributed by atoms with Crippen molar-refractivity contribution >= 4 is 27.4 Å². The van der Waals surface area contributed by atoms with Crippen LogP contribution >= 0.6 is 11.3 Å². The quantitative estimate of drug-likeness (QED) is 0.409. The van der Waals surface area contributed by atoms with Gasteiger partial charge in [-0.15, -0.1) is 11.3 Å². The first-order chi connectivity index (χ1) is 14.7. The Morgan fingerprint density at radius 3 is 2.37 bits per heavy atom. The topological polar surface area (TPSA) is 55.6 Å². The van der Waals surface area contributed by atoms with Gasteiger partial charge in [-0.3, -0.25) is 0 Å². The molecular formula is C24H21N5S. The van der Waals surface area contributed by atoms with E-state index in [0.29, 0.717) is 0 Å². The highest BCUT2D eigenvalue weighted by Gasteiger charge is 2.22. The monoisotopic (exact) mass is 411 g/mol. The van der Waals surface area contributed by atoms with Crippen LogP contribution in [0.4, 0.5) is 5.82 Å². The average molecular weight is 412 g/mol. The lowest BCUT2D eigenvalue weighted by molar-refractivity contribution is 0.746. The van der Waals surface area contributed by atoms with Gasteiger partial charge in [-0.25, -0.2) is 15.0 Å². The number of rotatable bonds is 5. The standard InChI is InChI=1S/C24H21N5S/c1-16-19-22(26-15-27-24(19)30-21(16)18-11-7-4-8-12-18)28-20(17-9-5-3-6-10-17)23-25-13-14-29(23)2/h3-15,20H,1-2H3,(H,26,27,28). The van der Waals surface area contributed by atoms with E-state index < -0.39 is 0 Å². The Hall–Kier alpha value is -3.51. The smallest absolute Gasteiger partial charge is 0.139 e. The van der Waals surface area contributed by atoms with Gasteiger partial charge in [0.1, 0.15) is 28.8 Å². The molecule has 2 aromatic carbocycles. The Balaban J connectivity index is 1.63. The molecule has 0 aliphatic rings. The van der Waals surface area contributed by atoms with Crippen LogP contribution in [0.2, 0.25) is 0 Å². The number of aromatic nitrogens is 4. The van der Waals surface area contributed by atoms with E-state index in [-0.39, 0.29) is 6.04 Å². The van der Waals surface area contributed by atoms with Gasteiger partial charge in [0.25, 0.3) is 0 Å². The Bertz CT molecular complexity index is 1290. The summed E-state index contributed by atoms with van der Waals surface area (Å²) in [6.07, 6.45) is 5.42. The van der Waals surface area contributed by atoms with Crippen molar-refractivity contribution < 1.29 is 0 Å². The number of anilines is 1. The molecule has 5 aromatic rings. The third-order valence-corrected chi connectivity index (χ3v) is 6.54. The van der Waals surface area contributed by atoms with Gasteiger partial charge in [-0.05, 0) is 23.6 Å². The van der Waals surface area contributed by atoms with Crippen molar-refractivity contribution in [1.29, 1.82) is 0 Å². The summed E-state index contributed by atoms with van der Waals surface area (Å²) in [6, 6.07) is 20.7. The average Bonchev–Trinajstić information content (AvgIpc) is 3.37. The Kier molecular flexibility index (Phi) is 4.77.